The number of rotatable bonds is 9. The fourth-order valence-corrected chi connectivity index (χ4v) is 7.51. The highest BCUT2D eigenvalue weighted by atomic mass is 32.1. The monoisotopic (exact) mass is 624 g/mol. The molecular formula is C31H37FN6O5S. The number of hydrogen-bond donors (Lipinski definition) is 2. The van der Waals surface area contributed by atoms with E-state index in [4.69, 9.17) is 9.73 Å². The van der Waals surface area contributed by atoms with Gasteiger partial charge in [0.25, 0.3) is 0 Å². The van der Waals surface area contributed by atoms with Gasteiger partial charge in [-0.3, -0.25) is 14.7 Å². The highest BCUT2D eigenvalue weighted by Crippen LogP contribution is 2.44. The number of ether oxygens (including phenoxy) is 1. The molecule has 3 aliphatic heterocycles. The van der Waals surface area contributed by atoms with Crippen molar-refractivity contribution in [3.8, 4) is 0 Å². The van der Waals surface area contributed by atoms with Crippen LogP contribution in [0, 0.1) is 18.2 Å². The van der Waals surface area contributed by atoms with Gasteiger partial charge < -0.3 is 25.0 Å². The first-order chi connectivity index (χ1) is 21.0. The largest absolute Gasteiger partial charge is 0.481 e. The van der Waals surface area contributed by atoms with Gasteiger partial charge in [-0.05, 0) is 50.8 Å². The van der Waals surface area contributed by atoms with Gasteiger partial charge in [0.2, 0.25) is 0 Å². The van der Waals surface area contributed by atoms with Crippen LogP contribution in [-0.4, -0.2) is 100 Å². The number of carboxylic acids is 1. The Morgan fingerprint density at radius 1 is 1.25 bits per heavy atom. The van der Waals surface area contributed by atoms with E-state index in [2.05, 4.69) is 15.2 Å². The summed E-state index contributed by atoms with van der Waals surface area (Å²) in [5.41, 5.74) is 0.475. The van der Waals surface area contributed by atoms with Crippen molar-refractivity contribution in [1.29, 1.82) is 0 Å². The van der Waals surface area contributed by atoms with Gasteiger partial charge in [0.1, 0.15) is 11.9 Å². The van der Waals surface area contributed by atoms with Crippen molar-refractivity contribution in [1.82, 2.24) is 25.0 Å². The molecular weight excluding hydrogens is 587 g/mol. The Kier molecular flexibility index (Phi) is 7.95. The molecule has 3 fully saturated rings. The highest BCUT2D eigenvalue weighted by Gasteiger charge is 2.54. The Labute approximate surface area is 259 Å². The maximum Gasteiger partial charge on any atom is 0.338 e. The van der Waals surface area contributed by atoms with Gasteiger partial charge in [-0.25, -0.2) is 19.0 Å². The topological polar surface area (TPSA) is 128 Å². The Hall–Kier alpha value is -3.84. The molecule has 4 heterocycles. The molecule has 1 aromatic carbocycles. The van der Waals surface area contributed by atoms with E-state index in [1.165, 1.54) is 17.4 Å². The van der Waals surface area contributed by atoms with Gasteiger partial charge in [0, 0.05) is 56.5 Å². The van der Waals surface area contributed by atoms with Crippen LogP contribution in [0.1, 0.15) is 55.3 Å². The molecule has 6 rings (SSSR count). The molecule has 2 aromatic rings. The zero-order valence-corrected chi connectivity index (χ0v) is 26.0. The van der Waals surface area contributed by atoms with Gasteiger partial charge in [0.15, 0.2) is 10.8 Å². The standard InChI is InChI=1S/C31H37FN6O5S/c1-4-43-27(39)23-22(34-25(26-33-11-14-44-26)35-24(23)20-7-5-8-21(32)19(20)2)15-36-12-13-38-29(42)37(17-30(38,3)16-36)18-31(28(40)41)9-6-10-31/h5,7-8,11,14,24H,4,6,9-10,12-13,15-18H2,1-3H3,(H,34,35)(H,40,41). The lowest BCUT2D eigenvalue weighted by Crippen LogP contribution is -2.60. The number of carboxylic acid groups (broad SMARTS) is 1. The summed E-state index contributed by atoms with van der Waals surface area (Å²) in [6.07, 6.45) is 3.70. The number of benzene rings is 1. The number of carbonyl (C=O) groups is 3. The number of aromatic nitrogens is 1. The second-order valence-electron chi connectivity index (χ2n) is 12.3. The normalized spacial score (nSPS) is 24.9. The van der Waals surface area contributed by atoms with Crippen LogP contribution in [0.25, 0.3) is 0 Å². The lowest BCUT2D eigenvalue weighted by atomic mass is 9.68. The van der Waals surface area contributed by atoms with Crippen LogP contribution in [0.4, 0.5) is 9.18 Å². The van der Waals surface area contributed by atoms with Crippen molar-refractivity contribution in [2.75, 3.05) is 45.9 Å². The van der Waals surface area contributed by atoms with Crippen molar-refractivity contribution < 1.29 is 28.6 Å². The molecule has 11 nitrogen and oxygen atoms in total. The summed E-state index contributed by atoms with van der Waals surface area (Å²) in [7, 11) is 0. The maximum absolute atomic E-state index is 14.8. The molecule has 2 saturated heterocycles. The Bertz CT molecular complexity index is 1540. The number of aliphatic carboxylic acids is 1. The molecule has 13 heteroatoms. The van der Waals surface area contributed by atoms with Crippen LogP contribution in [0.3, 0.4) is 0 Å². The molecule has 2 amide bonds. The van der Waals surface area contributed by atoms with Crippen LogP contribution < -0.4 is 5.32 Å². The molecule has 0 spiro atoms. The van der Waals surface area contributed by atoms with Crippen LogP contribution in [-0.2, 0) is 14.3 Å². The van der Waals surface area contributed by atoms with Crippen molar-refractivity contribution in [2.45, 2.75) is 51.6 Å². The lowest BCUT2D eigenvalue weighted by Gasteiger charge is -2.44. The first-order valence-electron chi connectivity index (χ1n) is 15.0. The second-order valence-corrected chi connectivity index (χ2v) is 13.2. The number of urea groups is 1. The SMILES string of the molecule is CCOC(=O)C1=C(CN2CCN3C(=O)N(CC4(C(=O)O)CCC4)CC3(C)C2)NC(c2nccs2)=NC1c1cccc(F)c1C. The summed E-state index contributed by atoms with van der Waals surface area (Å²) >= 11 is 1.41. The van der Waals surface area contributed by atoms with Gasteiger partial charge in [-0.15, -0.1) is 11.3 Å². The van der Waals surface area contributed by atoms with Gasteiger partial charge in [-0.2, -0.15) is 0 Å². The third-order valence-electron chi connectivity index (χ3n) is 9.39. The molecule has 2 unspecified atom stereocenters. The summed E-state index contributed by atoms with van der Waals surface area (Å²) in [5, 5.41) is 15.7. The number of carbonyl (C=O) groups excluding carboxylic acids is 2. The van der Waals surface area contributed by atoms with E-state index < -0.39 is 28.9 Å². The zero-order valence-electron chi connectivity index (χ0n) is 25.1. The number of fused-ring (bicyclic) bond motifs is 1. The van der Waals surface area contributed by atoms with Gasteiger partial charge in [-0.1, -0.05) is 18.6 Å². The van der Waals surface area contributed by atoms with Gasteiger partial charge in [0.05, 0.1) is 23.1 Å². The third-order valence-corrected chi connectivity index (χ3v) is 10.2. The molecule has 2 N–H and O–H groups in total. The number of piperazine rings is 1. The summed E-state index contributed by atoms with van der Waals surface area (Å²) in [6.45, 7) is 8.12. The number of esters is 1. The molecule has 4 aliphatic rings. The number of aliphatic imine (C=N–C) groups is 1. The molecule has 0 bridgehead atoms. The number of amidine groups is 1. The van der Waals surface area contributed by atoms with Crippen molar-refractivity contribution in [2.24, 2.45) is 10.4 Å². The number of amides is 2. The van der Waals surface area contributed by atoms with Crippen LogP contribution in [0.2, 0.25) is 0 Å². The van der Waals surface area contributed by atoms with Crippen LogP contribution >= 0.6 is 11.3 Å². The summed E-state index contributed by atoms with van der Waals surface area (Å²) in [6, 6.07) is 3.84. The van der Waals surface area contributed by atoms with E-state index in [1.807, 2.05) is 17.2 Å². The van der Waals surface area contributed by atoms with Crippen molar-refractivity contribution in [3.05, 3.63) is 63.0 Å². The smallest absolute Gasteiger partial charge is 0.338 e. The molecule has 1 aromatic heterocycles. The fourth-order valence-electron chi connectivity index (χ4n) is 6.92. The van der Waals surface area contributed by atoms with E-state index in [9.17, 15) is 23.9 Å². The number of halogens is 1. The molecule has 1 aliphatic carbocycles. The Balaban J connectivity index is 1.31. The first-order valence-corrected chi connectivity index (χ1v) is 15.9. The summed E-state index contributed by atoms with van der Waals surface area (Å²) in [4.78, 5) is 54.1. The van der Waals surface area contributed by atoms with Crippen molar-refractivity contribution >= 4 is 35.1 Å². The lowest BCUT2D eigenvalue weighted by molar-refractivity contribution is -0.155. The average Bonchev–Trinajstić information content (AvgIpc) is 3.58. The molecule has 44 heavy (non-hydrogen) atoms. The maximum atomic E-state index is 14.8. The van der Waals surface area contributed by atoms with Crippen LogP contribution in [0.5, 0.6) is 0 Å². The van der Waals surface area contributed by atoms with E-state index in [0.29, 0.717) is 78.8 Å². The quantitative estimate of drug-likeness (QED) is 0.406. The number of nitrogens with zero attached hydrogens (tertiary/aromatic N) is 5. The predicted molar refractivity (Wildman–Crippen MR) is 162 cm³/mol. The minimum absolute atomic E-state index is 0.123. The fraction of sp³-hybridized carbons (Fsp3) is 0.516. The number of thiazole rings is 1. The minimum Gasteiger partial charge on any atom is -0.481 e. The number of nitrogens with one attached hydrogen (secondary N) is 1. The molecule has 234 valence electrons. The van der Waals surface area contributed by atoms with E-state index in [-0.39, 0.29) is 25.0 Å². The second kappa shape index (κ2) is 11.6. The molecule has 0 radical (unpaired) electrons. The molecule has 1 saturated carbocycles. The Morgan fingerprint density at radius 2 is 2.05 bits per heavy atom. The van der Waals surface area contributed by atoms with Crippen LogP contribution in [0.15, 0.2) is 46.0 Å². The van der Waals surface area contributed by atoms with E-state index >= 15 is 0 Å². The van der Waals surface area contributed by atoms with E-state index in [0.717, 1.165) is 6.42 Å². The molecule has 2 atom stereocenters. The average molecular weight is 625 g/mol. The Morgan fingerprint density at radius 3 is 2.70 bits per heavy atom. The van der Waals surface area contributed by atoms with E-state index in [1.54, 1.807) is 37.1 Å². The first kappa shape index (κ1) is 30.2. The van der Waals surface area contributed by atoms with Crippen molar-refractivity contribution in [3.63, 3.8) is 0 Å². The highest BCUT2D eigenvalue weighted by molar-refractivity contribution is 7.11. The summed E-state index contributed by atoms with van der Waals surface area (Å²) in [5.74, 6) is -1.26. The minimum atomic E-state index is -0.860. The predicted octanol–water partition coefficient (Wildman–Crippen LogP) is 3.57. The summed E-state index contributed by atoms with van der Waals surface area (Å²) < 4.78 is 20.3. The third kappa shape index (κ3) is 5.25. The number of hydrogen-bond acceptors (Lipinski definition) is 9. The van der Waals surface area contributed by atoms with Gasteiger partial charge >= 0.3 is 18.0 Å². The zero-order chi connectivity index (χ0) is 31.2.